The van der Waals surface area contributed by atoms with Crippen molar-refractivity contribution < 1.29 is 17.4 Å². The van der Waals surface area contributed by atoms with Gasteiger partial charge in [-0.3, -0.25) is 8.98 Å². The van der Waals surface area contributed by atoms with E-state index in [2.05, 4.69) is 5.32 Å². The maximum absolute atomic E-state index is 12.4. The van der Waals surface area contributed by atoms with Gasteiger partial charge >= 0.3 is 0 Å². The Morgan fingerprint density at radius 1 is 1.09 bits per heavy atom. The second-order valence-electron chi connectivity index (χ2n) is 5.56. The summed E-state index contributed by atoms with van der Waals surface area (Å²) >= 11 is 0. The molecule has 1 aliphatic rings. The summed E-state index contributed by atoms with van der Waals surface area (Å²) in [7, 11) is -3.61. The van der Waals surface area contributed by atoms with Gasteiger partial charge in [-0.25, -0.2) is 0 Å². The lowest BCUT2D eigenvalue weighted by Crippen LogP contribution is -2.36. The molecule has 0 bridgehead atoms. The number of carbonyl (C=O) groups excluding carboxylic acids is 1. The molecule has 2 aromatic rings. The zero-order valence-electron chi connectivity index (χ0n) is 12.6. The van der Waals surface area contributed by atoms with Crippen LogP contribution >= 0.6 is 0 Å². The Bertz CT molecular complexity index is 817. The minimum absolute atomic E-state index is 0.255. The van der Waals surface area contributed by atoms with Gasteiger partial charge in [-0.2, -0.15) is 8.42 Å². The average Bonchev–Trinajstić information content (AvgIpc) is 2.84. The minimum atomic E-state index is -3.61. The zero-order valence-corrected chi connectivity index (χ0v) is 13.4. The number of hydrogen-bond acceptors (Lipinski definition) is 4. The highest BCUT2D eigenvalue weighted by Crippen LogP contribution is 2.34. The van der Waals surface area contributed by atoms with Crippen LogP contribution in [0.25, 0.3) is 0 Å². The second-order valence-corrected chi connectivity index (χ2v) is 7.16. The van der Waals surface area contributed by atoms with Gasteiger partial charge in [0.2, 0.25) is 0 Å². The van der Waals surface area contributed by atoms with E-state index < -0.39 is 22.3 Å². The summed E-state index contributed by atoms with van der Waals surface area (Å²) in [5.74, 6) is -0.255. The van der Waals surface area contributed by atoms with Crippen LogP contribution in [0.1, 0.15) is 27.5 Å². The smallest absolute Gasteiger partial charge is 0.264 e. The van der Waals surface area contributed by atoms with Crippen LogP contribution in [0.15, 0.2) is 54.6 Å². The van der Waals surface area contributed by atoms with Crippen LogP contribution in [-0.4, -0.2) is 26.7 Å². The Kier molecular flexibility index (Phi) is 4.19. The number of fused-ring (bicyclic) bond motifs is 1. The Balaban J connectivity index is 1.88. The van der Waals surface area contributed by atoms with Gasteiger partial charge in [0, 0.05) is 12.0 Å². The van der Waals surface area contributed by atoms with E-state index in [1.54, 1.807) is 24.3 Å². The first-order valence-electron chi connectivity index (χ1n) is 7.26. The van der Waals surface area contributed by atoms with Gasteiger partial charge in [-0.15, -0.1) is 0 Å². The normalized spacial score (nSPS) is 20.0. The van der Waals surface area contributed by atoms with Crippen molar-refractivity contribution in [2.24, 2.45) is 0 Å². The molecular weight excluding hydrogens is 314 g/mol. The topological polar surface area (TPSA) is 72.5 Å². The molecule has 0 radical (unpaired) electrons. The molecular formula is C17H17NO4S. The van der Waals surface area contributed by atoms with Crippen LogP contribution < -0.4 is 5.32 Å². The van der Waals surface area contributed by atoms with Gasteiger partial charge in [-0.1, -0.05) is 42.5 Å². The van der Waals surface area contributed by atoms with E-state index in [1.807, 2.05) is 30.3 Å². The monoisotopic (exact) mass is 331 g/mol. The Morgan fingerprint density at radius 2 is 1.74 bits per heavy atom. The largest absolute Gasteiger partial charge is 0.343 e. The lowest BCUT2D eigenvalue weighted by Gasteiger charge is -2.21. The van der Waals surface area contributed by atoms with Gasteiger partial charge in [0.05, 0.1) is 12.3 Å². The molecule has 0 spiro atoms. The third-order valence-electron chi connectivity index (χ3n) is 3.80. The van der Waals surface area contributed by atoms with E-state index >= 15 is 0 Å². The number of rotatable bonds is 4. The van der Waals surface area contributed by atoms with E-state index in [-0.39, 0.29) is 5.91 Å². The Morgan fingerprint density at radius 3 is 2.43 bits per heavy atom. The lowest BCUT2D eigenvalue weighted by atomic mass is 10.1. The molecule has 1 amide bonds. The van der Waals surface area contributed by atoms with Crippen LogP contribution in [0.2, 0.25) is 0 Å². The fourth-order valence-corrected chi connectivity index (χ4v) is 3.49. The zero-order chi connectivity index (χ0) is 16.4. The summed E-state index contributed by atoms with van der Waals surface area (Å²) in [5, 5.41) is 2.90. The summed E-state index contributed by atoms with van der Waals surface area (Å²) in [5.41, 5.74) is 2.40. The molecule has 3 rings (SSSR count). The van der Waals surface area contributed by atoms with Crippen molar-refractivity contribution in [3.05, 3.63) is 71.3 Å². The molecule has 120 valence electrons. The van der Waals surface area contributed by atoms with E-state index in [9.17, 15) is 13.2 Å². The predicted molar refractivity (Wildman–Crippen MR) is 86.5 cm³/mol. The van der Waals surface area contributed by atoms with E-state index in [0.29, 0.717) is 12.0 Å². The quantitative estimate of drug-likeness (QED) is 0.871. The molecule has 0 heterocycles. The number of nitrogens with one attached hydrogen (secondary N) is 1. The summed E-state index contributed by atoms with van der Waals surface area (Å²) < 4.78 is 28.2. The van der Waals surface area contributed by atoms with Crippen LogP contribution in [0.4, 0.5) is 0 Å². The molecule has 0 aromatic heterocycles. The van der Waals surface area contributed by atoms with Crippen LogP contribution in [-0.2, 0) is 20.7 Å². The molecule has 1 aliphatic carbocycles. The fraction of sp³-hybridized carbons (Fsp3) is 0.235. The molecule has 2 atom stereocenters. The van der Waals surface area contributed by atoms with Gasteiger partial charge in [-0.05, 0) is 23.3 Å². The fourth-order valence-electron chi connectivity index (χ4n) is 2.86. The summed E-state index contributed by atoms with van der Waals surface area (Å²) in [6.07, 6.45) is 0.838. The average molecular weight is 331 g/mol. The molecule has 2 aromatic carbocycles. The van der Waals surface area contributed by atoms with Gasteiger partial charge < -0.3 is 5.32 Å². The molecule has 0 aliphatic heterocycles. The van der Waals surface area contributed by atoms with Crippen molar-refractivity contribution in [3.63, 3.8) is 0 Å². The molecule has 0 saturated heterocycles. The van der Waals surface area contributed by atoms with Crippen molar-refractivity contribution in [2.45, 2.75) is 18.6 Å². The lowest BCUT2D eigenvalue weighted by molar-refractivity contribution is 0.0888. The second kappa shape index (κ2) is 6.14. The van der Waals surface area contributed by atoms with Gasteiger partial charge in [0.15, 0.2) is 0 Å². The van der Waals surface area contributed by atoms with Gasteiger partial charge in [0.25, 0.3) is 16.0 Å². The summed E-state index contributed by atoms with van der Waals surface area (Å²) in [6, 6.07) is 15.9. The van der Waals surface area contributed by atoms with Crippen molar-refractivity contribution in [1.82, 2.24) is 5.32 Å². The molecule has 0 fully saturated rings. The van der Waals surface area contributed by atoms with Crippen molar-refractivity contribution in [1.29, 1.82) is 0 Å². The maximum Gasteiger partial charge on any atom is 0.264 e. The Labute approximate surface area is 135 Å². The first kappa shape index (κ1) is 15.7. The number of amides is 1. The van der Waals surface area contributed by atoms with E-state index in [4.69, 9.17) is 4.18 Å². The third-order valence-corrected chi connectivity index (χ3v) is 4.40. The number of carbonyl (C=O) groups is 1. The predicted octanol–water partition coefficient (Wildman–Crippen LogP) is 2.06. The highest BCUT2D eigenvalue weighted by molar-refractivity contribution is 7.86. The molecule has 6 heteroatoms. The standard InChI is InChI=1S/C17H17NO4S/c1-23(20,21)22-15-11-13-9-5-6-10-14(13)16(15)18-17(19)12-7-3-2-4-8-12/h2-10,15-16H,11H2,1H3,(H,18,19)/t15-,16+/m0/s1. The first-order valence-corrected chi connectivity index (χ1v) is 9.08. The SMILES string of the molecule is CS(=O)(=O)O[C@H]1Cc2ccccc2[C@H]1NC(=O)c1ccccc1. The highest BCUT2D eigenvalue weighted by atomic mass is 32.2. The van der Waals surface area contributed by atoms with Crippen LogP contribution in [0, 0.1) is 0 Å². The minimum Gasteiger partial charge on any atom is -0.343 e. The van der Waals surface area contributed by atoms with Crippen molar-refractivity contribution in [3.8, 4) is 0 Å². The Hall–Kier alpha value is -2.18. The highest BCUT2D eigenvalue weighted by Gasteiger charge is 2.36. The number of hydrogen-bond donors (Lipinski definition) is 1. The molecule has 5 nitrogen and oxygen atoms in total. The summed E-state index contributed by atoms with van der Waals surface area (Å²) in [6.45, 7) is 0. The van der Waals surface area contributed by atoms with E-state index in [0.717, 1.165) is 17.4 Å². The number of benzene rings is 2. The van der Waals surface area contributed by atoms with Crippen molar-refractivity contribution in [2.75, 3.05) is 6.26 Å². The first-order chi connectivity index (χ1) is 10.9. The maximum atomic E-state index is 12.4. The molecule has 0 saturated carbocycles. The van der Waals surface area contributed by atoms with Crippen LogP contribution in [0.5, 0.6) is 0 Å². The molecule has 0 unspecified atom stereocenters. The third kappa shape index (κ3) is 3.60. The van der Waals surface area contributed by atoms with Crippen LogP contribution in [0.3, 0.4) is 0 Å². The molecule has 23 heavy (non-hydrogen) atoms. The summed E-state index contributed by atoms with van der Waals surface area (Å²) in [4.78, 5) is 12.4. The molecule has 1 N–H and O–H groups in total. The van der Waals surface area contributed by atoms with Crippen molar-refractivity contribution >= 4 is 16.0 Å². The van der Waals surface area contributed by atoms with E-state index in [1.165, 1.54) is 0 Å². The van der Waals surface area contributed by atoms with Gasteiger partial charge in [0.1, 0.15) is 6.10 Å².